The Morgan fingerprint density at radius 1 is 1.35 bits per heavy atom. The fraction of sp³-hybridized carbons (Fsp3) is 0.846. The van der Waals surface area contributed by atoms with Crippen LogP contribution in [0.15, 0.2) is 4.52 Å². The van der Waals surface area contributed by atoms with Gasteiger partial charge < -0.3 is 9.84 Å². The van der Waals surface area contributed by atoms with Gasteiger partial charge in [0.1, 0.15) is 0 Å². The SMILES string of the molecule is CCC1CCC(c2noc(C3CCCN3)n2)C1. The summed E-state index contributed by atoms with van der Waals surface area (Å²) in [5.74, 6) is 3.16. The molecule has 0 spiro atoms. The van der Waals surface area contributed by atoms with Crippen molar-refractivity contribution in [1.82, 2.24) is 15.5 Å². The fourth-order valence-electron chi connectivity index (χ4n) is 3.13. The molecule has 1 saturated carbocycles. The molecular formula is C13H21N3O. The maximum atomic E-state index is 5.41. The molecule has 0 amide bonds. The summed E-state index contributed by atoms with van der Waals surface area (Å²) in [7, 11) is 0. The molecule has 0 radical (unpaired) electrons. The third-order valence-electron chi connectivity index (χ3n) is 4.30. The fourth-order valence-corrected chi connectivity index (χ4v) is 3.13. The van der Waals surface area contributed by atoms with E-state index < -0.39 is 0 Å². The van der Waals surface area contributed by atoms with Gasteiger partial charge >= 0.3 is 0 Å². The first-order valence-corrected chi connectivity index (χ1v) is 6.93. The highest BCUT2D eigenvalue weighted by Crippen LogP contribution is 2.38. The average Bonchev–Trinajstić information content (AvgIpc) is 3.09. The van der Waals surface area contributed by atoms with Gasteiger partial charge in [0, 0.05) is 5.92 Å². The largest absolute Gasteiger partial charge is 0.338 e. The van der Waals surface area contributed by atoms with Crippen molar-refractivity contribution in [3.8, 4) is 0 Å². The van der Waals surface area contributed by atoms with E-state index in [9.17, 15) is 0 Å². The summed E-state index contributed by atoms with van der Waals surface area (Å²) in [6, 6.07) is 0.305. The number of aromatic nitrogens is 2. The molecule has 1 aromatic heterocycles. The van der Waals surface area contributed by atoms with Crippen LogP contribution in [0.2, 0.25) is 0 Å². The first-order valence-electron chi connectivity index (χ1n) is 6.93. The minimum absolute atomic E-state index is 0.305. The molecule has 94 valence electrons. The van der Waals surface area contributed by atoms with Crippen molar-refractivity contribution < 1.29 is 4.52 Å². The van der Waals surface area contributed by atoms with Crippen molar-refractivity contribution in [2.45, 2.75) is 57.4 Å². The maximum absolute atomic E-state index is 5.41. The molecule has 2 heterocycles. The van der Waals surface area contributed by atoms with E-state index in [4.69, 9.17) is 4.52 Å². The summed E-state index contributed by atoms with van der Waals surface area (Å²) in [5.41, 5.74) is 0. The van der Waals surface area contributed by atoms with Crippen molar-refractivity contribution in [3.63, 3.8) is 0 Å². The van der Waals surface area contributed by atoms with E-state index in [1.165, 1.54) is 32.1 Å². The van der Waals surface area contributed by atoms with E-state index in [0.717, 1.165) is 30.6 Å². The van der Waals surface area contributed by atoms with Crippen LogP contribution in [0, 0.1) is 5.92 Å². The molecule has 0 aromatic carbocycles. The predicted octanol–water partition coefficient (Wildman–Crippen LogP) is 2.79. The van der Waals surface area contributed by atoms with E-state index in [1.54, 1.807) is 0 Å². The molecular weight excluding hydrogens is 214 g/mol. The zero-order valence-electron chi connectivity index (χ0n) is 10.5. The molecule has 0 bridgehead atoms. The number of rotatable bonds is 3. The summed E-state index contributed by atoms with van der Waals surface area (Å²) >= 11 is 0. The molecule has 4 heteroatoms. The number of nitrogens with zero attached hydrogens (tertiary/aromatic N) is 2. The van der Waals surface area contributed by atoms with Gasteiger partial charge in [-0.25, -0.2) is 0 Å². The van der Waals surface area contributed by atoms with Crippen LogP contribution < -0.4 is 5.32 Å². The van der Waals surface area contributed by atoms with Gasteiger partial charge in [-0.05, 0) is 44.6 Å². The Morgan fingerprint density at radius 2 is 2.29 bits per heavy atom. The second-order valence-corrected chi connectivity index (χ2v) is 5.42. The minimum atomic E-state index is 0.305. The van der Waals surface area contributed by atoms with E-state index in [1.807, 2.05) is 0 Å². The zero-order chi connectivity index (χ0) is 11.7. The van der Waals surface area contributed by atoms with E-state index in [0.29, 0.717) is 12.0 Å². The molecule has 2 aliphatic rings. The summed E-state index contributed by atoms with van der Waals surface area (Å²) in [4.78, 5) is 4.60. The third-order valence-corrected chi connectivity index (χ3v) is 4.30. The summed E-state index contributed by atoms with van der Waals surface area (Å²) in [6.45, 7) is 3.35. The first-order chi connectivity index (χ1) is 8.36. The molecule has 2 fully saturated rings. The van der Waals surface area contributed by atoms with E-state index in [2.05, 4.69) is 22.4 Å². The van der Waals surface area contributed by atoms with Crippen LogP contribution in [0.5, 0.6) is 0 Å². The van der Waals surface area contributed by atoms with Crippen molar-refractivity contribution in [1.29, 1.82) is 0 Å². The second kappa shape index (κ2) is 4.77. The standard InChI is InChI=1S/C13H21N3O/c1-2-9-5-6-10(8-9)12-15-13(17-16-12)11-4-3-7-14-11/h9-11,14H,2-8H2,1H3. The maximum Gasteiger partial charge on any atom is 0.243 e. The van der Waals surface area contributed by atoms with Gasteiger partial charge in [0.15, 0.2) is 5.82 Å². The van der Waals surface area contributed by atoms with Crippen LogP contribution in [0.4, 0.5) is 0 Å². The van der Waals surface area contributed by atoms with Crippen molar-refractivity contribution in [3.05, 3.63) is 11.7 Å². The van der Waals surface area contributed by atoms with Crippen LogP contribution in [-0.4, -0.2) is 16.7 Å². The lowest BCUT2D eigenvalue weighted by atomic mass is 10.0. The van der Waals surface area contributed by atoms with Crippen molar-refractivity contribution in [2.75, 3.05) is 6.54 Å². The van der Waals surface area contributed by atoms with Crippen molar-refractivity contribution in [2.24, 2.45) is 5.92 Å². The van der Waals surface area contributed by atoms with Crippen LogP contribution in [0.25, 0.3) is 0 Å². The molecule has 1 aliphatic carbocycles. The molecule has 17 heavy (non-hydrogen) atoms. The Bertz CT molecular complexity index is 370. The number of nitrogens with one attached hydrogen (secondary N) is 1. The monoisotopic (exact) mass is 235 g/mol. The van der Waals surface area contributed by atoms with E-state index in [-0.39, 0.29) is 0 Å². The number of hydrogen-bond acceptors (Lipinski definition) is 4. The van der Waals surface area contributed by atoms with Crippen LogP contribution in [0.3, 0.4) is 0 Å². The highest BCUT2D eigenvalue weighted by atomic mass is 16.5. The van der Waals surface area contributed by atoms with Gasteiger partial charge in [-0.2, -0.15) is 4.98 Å². The highest BCUT2D eigenvalue weighted by molar-refractivity contribution is 5.02. The molecule has 1 aliphatic heterocycles. The highest BCUT2D eigenvalue weighted by Gasteiger charge is 2.30. The predicted molar refractivity (Wildman–Crippen MR) is 64.6 cm³/mol. The second-order valence-electron chi connectivity index (χ2n) is 5.42. The van der Waals surface area contributed by atoms with Gasteiger partial charge in [0.05, 0.1) is 6.04 Å². The minimum Gasteiger partial charge on any atom is -0.338 e. The molecule has 3 atom stereocenters. The lowest BCUT2D eigenvalue weighted by Crippen LogP contribution is -2.13. The summed E-state index contributed by atoms with van der Waals surface area (Å²) in [5, 5.41) is 7.59. The summed E-state index contributed by atoms with van der Waals surface area (Å²) in [6.07, 6.45) is 7.43. The van der Waals surface area contributed by atoms with Crippen molar-refractivity contribution >= 4 is 0 Å². The lowest BCUT2D eigenvalue weighted by Gasteiger charge is -2.05. The van der Waals surface area contributed by atoms with Crippen LogP contribution >= 0.6 is 0 Å². The zero-order valence-corrected chi connectivity index (χ0v) is 10.5. The smallest absolute Gasteiger partial charge is 0.243 e. The molecule has 4 nitrogen and oxygen atoms in total. The van der Waals surface area contributed by atoms with E-state index >= 15 is 0 Å². The lowest BCUT2D eigenvalue weighted by molar-refractivity contribution is 0.338. The molecule has 3 rings (SSSR count). The summed E-state index contributed by atoms with van der Waals surface area (Å²) < 4.78 is 5.41. The Balaban J connectivity index is 1.68. The Hall–Kier alpha value is -0.900. The van der Waals surface area contributed by atoms with Gasteiger partial charge in [0.2, 0.25) is 5.89 Å². The topological polar surface area (TPSA) is 51.0 Å². The Morgan fingerprint density at radius 3 is 3.00 bits per heavy atom. The molecule has 1 N–H and O–H groups in total. The van der Waals surface area contributed by atoms with Crippen LogP contribution in [0.1, 0.15) is 69.1 Å². The Labute approximate surface area is 102 Å². The third kappa shape index (κ3) is 2.23. The normalized spacial score (nSPS) is 33.4. The first kappa shape index (κ1) is 11.2. The Kier molecular flexibility index (Phi) is 3.14. The number of hydrogen-bond donors (Lipinski definition) is 1. The molecule has 3 unspecified atom stereocenters. The molecule has 1 saturated heterocycles. The van der Waals surface area contributed by atoms with Gasteiger partial charge in [-0.1, -0.05) is 18.5 Å². The van der Waals surface area contributed by atoms with Crippen LogP contribution in [-0.2, 0) is 0 Å². The molecule has 1 aromatic rings. The van der Waals surface area contributed by atoms with Gasteiger partial charge in [-0.3, -0.25) is 0 Å². The quantitative estimate of drug-likeness (QED) is 0.875. The average molecular weight is 235 g/mol. The van der Waals surface area contributed by atoms with Gasteiger partial charge in [0.25, 0.3) is 0 Å². The van der Waals surface area contributed by atoms with Gasteiger partial charge in [-0.15, -0.1) is 0 Å².